The van der Waals surface area contributed by atoms with Crippen LogP contribution < -0.4 is 5.32 Å². The summed E-state index contributed by atoms with van der Waals surface area (Å²) < 4.78 is 13.4. The lowest BCUT2D eigenvalue weighted by molar-refractivity contribution is 0.305. The first-order chi connectivity index (χ1) is 8.63. The first-order valence-corrected chi connectivity index (χ1v) is 7.13. The minimum atomic E-state index is -0.103. The van der Waals surface area contributed by atoms with Crippen molar-refractivity contribution in [3.05, 3.63) is 35.1 Å². The average Bonchev–Trinajstić information content (AvgIpc) is 2.76. The Kier molecular flexibility index (Phi) is 4.39. The highest BCUT2D eigenvalue weighted by molar-refractivity contribution is 5.27. The Morgan fingerprint density at radius 3 is 2.72 bits per heavy atom. The number of aryl methyl sites for hydroxylation is 1. The van der Waals surface area contributed by atoms with Gasteiger partial charge in [-0.15, -0.1) is 0 Å². The van der Waals surface area contributed by atoms with Crippen LogP contribution in [0.1, 0.15) is 50.3 Å². The molecule has 1 saturated carbocycles. The molecule has 0 bridgehead atoms. The zero-order valence-corrected chi connectivity index (χ0v) is 11.7. The van der Waals surface area contributed by atoms with Gasteiger partial charge in [0, 0.05) is 6.04 Å². The smallest absolute Gasteiger partial charge is 0.126 e. The minimum Gasteiger partial charge on any atom is -0.310 e. The molecule has 0 aromatic heterocycles. The number of hydrogen-bond donors (Lipinski definition) is 1. The predicted molar refractivity (Wildman–Crippen MR) is 74.1 cm³/mol. The summed E-state index contributed by atoms with van der Waals surface area (Å²) >= 11 is 0. The summed E-state index contributed by atoms with van der Waals surface area (Å²) in [7, 11) is 0. The van der Waals surface area contributed by atoms with E-state index >= 15 is 0 Å². The monoisotopic (exact) mass is 249 g/mol. The van der Waals surface area contributed by atoms with Crippen LogP contribution in [0, 0.1) is 24.6 Å². The molecule has 100 valence electrons. The van der Waals surface area contributed by atoms with E-state index in [1.807, 2.05) is 19.1 Å². The molecule has 0 saturated heterocycles. The number of halogens is 1. The van der Waals surface area contributed by atoms with E-state index in [0.29, 0.717) is 12.0 Å². The van der Waals surface area contributed by atoms with Crippen molar-refractivity contribution in [2.24, 2.45) is 11.8 Å². The maximum atomic E-state index is 13.4. The van der Waals surface area contributed by atoms with Crippen molar-refractivity contribution < 1.29 is 4.39 Å². The van der Waals surface area contributed by atoms with Gasteiger partial charge in [-0.2, -0.15) is 0 Å². The summed E-state index contributed by atoms with van der Waals surface area (Å²) in [5.41, 5.74) is 2.00. The van der Waals surface area contributed by atoms with E-state index in [1.54, 1.807) is 6.07 Å². The second-order valence-electron chi connectivity index (χ2n) is 5.62. The van der Waals surface area contributed by atoms with Crippen LogP contribution in [0.25, 0.3) is 0 Å². The molecule has 1 aromatic carbocycles. The van der Waals surface area contributed by atoms with Crippen molar-refractivity contribution in [1.82, 2.24) is 5.32 Å². The van der Waals surface area contributed by atoms with E-state index in [1.165, 1.54) is 24.8 Å². The Balaban J connectivity index is 2.25. The Labute approximate surface area is 110 Å². The molecule has 1 fully saturated rings. The lowest BCUT2D eigenvalue weighted by atomic mass is 9.85. The van der Waals surface area contributed by atoms with Crippen LogP contribution in [-0.2, 0) is 0 Å². The zero-order valence-electron chi connectivity index (χ0n) is 11.7. The van der Waals surface area contributed by atoms with Gasteiger partial charge in [-0.05, 0) is 48.9 Å². The lowest BCUT2D eigenvalue weighted by Crippen LogP contribution is -2.29. The Bertz CT molecular complexity index is 402. The predicted octanol–water partition coefficient (Wildman–Crippen LogP) is 4.22. The third-order valence-electron chi connectivity index (χ3n) is 4.32. The highest BCUT2D eigenvalue weighted by atomic mass is 19.1. The molecule has 1 aromatic rings. The van der Waals surface area contributed by atoms with Gasteiger partial charge in [-0.3, -0.25) is 0 Å². The maximum Gasteiger partial charge on any atom is 0.126 e. The van der Waals surface area contributed by atoms with Gasteiger partial charge < -0.3 is 5.32 Å². The molecule has 0 heterocycles. The van der Waals surface area contributed by atoms with Crippen LogP contribution in [0.15, 0.2) is 18.2 Å². The molecule has 1 nitrogen and oxygen atoms in total. The highest BCUT2D eigenvalue weighted by Crippen LogP contribution is 2.40. The number of benzene rings is 1. The molecule has 2 heteroatoms. The second kappa shape index (κ2) is 5.83. The zero-order chi connectivity index (χ0) is 13.1. The highest BCUT2D eigenvalue weighted by Gasteiger charge is 2.31. The Hall–Kier alpha value is -0.890. The third-order valence-corrected chi connectivity index (χ3v) is 4.32. The van der Waals surface area contributed by atoms with Gasteiger partial charge in [0.2, 0.25) is 0 Å². The quantitative estimate of drug-likeness (QED) is 0.842. The van der Waals surface area contributed by atoms with Crippen molar-refractivity contribution in [1.29, 1.82) is 0 Å². The number of hydrogen-bond acceptors (Lipinski definition) is 1. The van der Waals surface area contributed by atoms with Gasteiger partial charge in [0.1, 0.15) is 5.82 Å². The average molecular weight is 249 g/mol. The van der Waals surface area contributed by atoms with Crippen molar-refractivity contribution in [3.63, 3.8) is 0 Å². The summed E-state index contributed by atoms with van der Waals surface area (Å²) in [6, 6.07) is 5.94. The molecule has 1 aliphatic carbocycles. The van der Waals surface area contributed by atoms with Crippen LogP contribution in [0.3, 0.4) is 0 Å². The minimum absolute atomic E-state index is 0.103. The van der Waals surface area contributed by atoms with Crippen molar-refractivity contribution in [2.75, 3.05) is 6.54 Å². The van der Waals surface area contributed by atoms with E-state index in [2.05, 4.69) is 19.2 Å². The molecule has 0 amide bonds. The fourth-order valence-electron chi connectivity index (χ4n) is 3.27. The molecule has 18 heavy (non-hydrogen) atoms. The molecule has 0 radical (unpaired) electrons. The molecule has 0 spiro atoms. The Morgan fingerprint density at radius 1 is 1.39 bits per heavy atom. The summed E-state index contributed by atoms with van der Waals surface area (Å²) in [6.07, 6.45) is 3.94. The maximum absolute atomic E-state index is 13.4. The van der Waals surface area contributed by atoms with Crippen LogP contribution in [0.2, 0.25) is 0 Å². The molecule has 1 N–H and O–H groups in total. The number of rotatable bonds is 4. The summed E-state index contributed by atoms with van der Waals surface area (Å²) in [4.78, 5) is 0. The van der Waals surface area contributed by atoms with E-state index in [4.69, 9.17) is 0 Å². The van der Waals surface area contributed by atoms with Crippen LogP contribution in [0.5, 0.6) is 0 Å². The first-order valence-electron chi connectivity index (χ1n) is 7.13. The standard InChI is InChI=1S/C16H24FN/c1-4-18-16(14-7-5-6-11(14)2)13-8-9-15(17)12(3)10-13/h8-11,14,16,18H,4-7H2,1-3H3. The molecule has 0 aliphatic heterocycles. The molecule has 3 unspecified atom stereocenters. The van der Waals surface area contributed by atoms with Crippen molar-refractivity contribution in [3.8, 4) is 0 Å². The topological polar surface area (TPSA) is 12.0 Å². The van der Waals surface area contributed by atoms with Gasteiger partial charge in [-0.1, -0.05) is 38.8 Å². The van der Waals surface area contributed by atoms with Gasteiger partial charge in [0.25, 0.3) is 0 Å². The van der Waals surface area contributed by atoms with Crippen LogP contribution in [0.4, 0.5) is 4.39 Å². The van der Waals surface area contributed by atoms with Crippen molar-refractivity contribution in [2.45, 2.75) is 46.1 Å². The van der Waals surface area contributed by atoms with E-state index < -0.39 is 0 Å². The fraction of sp³-hybridized carbons (Fsp3) is 0.625. The normalized spacial score (nSPS) is 25.3. The SMILES string of the molecule is CCNC(c1ccc(F)c(C)c1)C1CCCC1C. The molecule has 3 atom stereocenters. The summed E-state index contributed by atoms with van der Waals surface area (Å²) in [6.45, 7) is 7.30. The van der Waals surface area contributed by atoms with E-state index in [-0.39, 0.29) is 5.82 Å². The van der Waals surface area contributed by atoms with E-state index in [0.717, 1.165) is 18.0 Å². The van der Waals surface area contributed by atoms with Crippen LogP contribution in [-0.4, -0.2) is 6.54 Å². The first kappa shape index (κ1) is 13.5. The third kappa shape index (κ3) is 2.74. The van der Waals surface area contributed by atoms with Crippen molar-refractivity contribution >= 4 is 0 Å². The number of nitrogens with one attached hydrogen (secondary N) is 1. The van der Waals surface area contributed by atoms with Gasteiger partial charge in [-0.25, -0.2) is 4.39 Å². The summed E-state index contributed by atoms with van der Waals surface area (Å²) in [5, 5.41) is 3.60. The van der Waals surface area contributed by atoms with Crippen LogP contribution >= 0.6 is 0 Å². The molecular formula is C16H24FN. The largest absolute Gasteiger partial charge is 0.310 e. The fourth-order valence-corrected chi connectivity index (χ4v) is 3.27. The second-order valence-corrected chi connectivity index (χ2v) is 5.62. The molecule has 2 rings (SSSR count). The lowest BCUT2D eigenvalue weighted by Gasteiger charge is -2.28. The van der Waals surface area contributed by atoms with E-state index in [9.17, 15) is 4.39 Å². The van der Waals surface area contributed by atoms with Gasteiger partial charge in [0.15, 0.2) is 0 Å². The summed E-state index contributed by atoms with van der Waals surface area (Å²) in [5.74, 6) is 1.35. The molecular weight excluding hydrogens is 225 g/mol. The van der Waals surface area contributed by atoms with Gasteiger partial charge >= 0.3 is 0 Å². The Morgan fingerprint density at radius 2 is 2.17 bits per heavy atom. The molecule has 1 aliphatic rings. The van der Waals surface area contributed by atoms with Gasteiger partial charge in [0.05, 0.1) is 0 Å².